The molecular formula is C16H18N2O2S. The number of carbonyl (C=O) groups excluding carboxylic acids is 1. The number of aliphatic imine (C=N–C) groups is 1. The second-order valence-corrected chi connectivity index (χ2v) is 6.02. The summed E-state index contributed by atoms with van der Waals surface area (Å²) in [6, 6.07) is 7.75. The molecule has 1 fully saturated rings. The summed E-state index contributed by atoms with van der Waals surface area (Å²) in [6.07, 6.45) is 4.27. The highest BCUT2D eigenvalue weighted by Crippen LogP contribution is 2.31. The quantitative estimate of drug-likeness (QED) is 0.804. The molecule has 0 aliphatic carbocycles. The lowest BCUT2D eigenvalue weighted by molar-refractivity contribution is -0.113. The van der Waals surface area contributed by atoms with Crippen LogP contribution in [0.4, 0.5) is 0 Å². The Labute approximate surface area is 128 Å². The molecule has 5 heteroatoms. The van der Waals surface area contributed by atoms with Gasteiger partial charge < -0.3 is 9.64 Å². The van der Waals surface area contributed by atoms with Crippen LogP contribution >= 0.6 is 11.8 Å². The molecule has 2 aliphatic rings. The lowest BCUT2D eigenvalue weighted by atomic mass is 10.2. The molecule has 0 aromatic heterocycles. The van der Waals surface area contributed by atoms with Crippen molar-refractivity contribution in [2.75, 3.05) is 19.7 Å². The Bertz CT molecular complexity index is 587. The number of benzene rings is 1. The molecule has 1 aromatic carbocycles. The number of likely N-dealkylation sites (tertiary alicyclic amines) is 1. The first-order valence-electron chi connectivity index (χ1n) is 7.26. The van der Waals surface area contributed by atoms with E-state index in [-0.39, 0.29) is 5.91 Å². The molecule has 3 rings (SSSR count). The van der Waals surface area contributed by atoms with E-state index in [1.54, 1.807) is 0 Å². The Morgan fingerprint density at radius 1 is 1.29 bits per heavy atom. The first kappa shape index (κ1) is 14.2. The number of nitrogens with zero attached hydrogens (tertiary/aromatic N) is 2. The van der Waals surface area contributed by atoms with E-state index >= 15 is 0 Å². The van der Waals surface area contributed by atoms with Crippen LogP contribution in [0, 0.1) is 0 Å². The number of thioether (sulfide) groups is 1. The normalized spacial score (nSPS) is 20.2. The zero-order valence-electron chi connectivity index (χ0n) is 12.0. The van der Waals surface area contributed by atoms with Gasteiger partial charge in [-0.3, -0.25) is 4.79 Å². The number of amidine groups is 1. The maximum absolute atomic E-state index is 12.0. The van der Waals surface area contributed by atoms with Gasteiger partial charge in [0.2, 0.25) is 0 Å². The van der Waals surface area contributed by atoms with Crippen molar-refractivity contribution in [2.24, 2.45) is 4.99 Å². The van der Waals surface area contributed by atoms with Gasteiger partial charge in [-0.2, -0.15) is 4.99 Å². The van der Waals surface area contributed by atoms with Gasteiger partial charge in [0.1, 0.15) is 5.75 Å². The Kier molecular flexibility index (Phi) is 4.29. The smallest absolute Gasteiger partial charge is 0.286 e. The lowest BCUT2D eigenvalue weighted by Gasteiger charge is -2.14. The van der Waals surface area contributed by atoms with E-state index < -0.39 is 0 Å². The number of rotatable bonds is 3. The molecule has 0 unspecified atom stereocenters. The van der Waals surface area contributed by atoms with Gasteiger partial charge in [0.15, 0.2) is 5.17 Å². The summed E-state index contributed by atoms with van der Waals surface area (Å²) in [6.45, 7) is 4.63. The fourth-order valence-electron chi connectivity index (χ4n) is 2.42. The standard InChI is InChI=1S/C16H18N2O2S/c1-2-20-13-7-5-12(6-8-13)11-14-15(19)17-16(21-14)18-9-3-4-10-18/h5-8,11H,2-4,9-10H2,1H3/b14-11-. The predicted octanol–water partition coefficient (Wildman–Crippen LogP) is 3.15. The third-order valence-electron chi connectivity index (χ3n) is 3.47. The summed E-state index contributed by atoms with van der Waals surface area (Å²) in [4.78, 5) is 19.0. The molecule has 1 saturated heterocycles. The average molecular weight is 302 g/mol. The molecule has 110 valence electrons. The molecular weight excluding hydrogens is 284 g/mol. The molecule has 0 N–H and O–H groups in total. The Hall–Kier alpha value is -1.75. The second-order valence-electron chi connectivity index (χ2n) is 5.01. The molecule has 0 atom stereocenters. The van der Waals surface area contributed by atoms with Crippen molar-refractivity contribution in [3.63, 3.8) is 0 Å². The highest BCUT2D eigenvalue weighted by Gasteiger charge is 2.27. The van der Waals surface area contributed by atoms with Gasteiger partial charge >= 0.3 is 0 Å². The number of hydrogen-bond acceptors (Lipinski definition) is 4. The van der Waals surface area contributed by atoms with Gasteiger partial charge in [0.25, 0.3) is 5.91 Å². The lowest BCUT2D eigenvalue weighted by Crippen LogP contribution is -2.23. The van der Waals surface area contributed by atoms with Crippen LogP contribution in [-0.2, 0) is 4.79 Å². The van der Waals surface area contributed by atoms with Crippen LogP contribution in [0.1, 0.15) is 25.3 Å². The van der Waals surface area contributed by atoms with Crippen molar-refractivity contribution in [2.45, 2.75) is 19.8 Å². The first-order valence-corrected chi connectivity index (χ1v) is 8.08. The molecule has 21 heavy (non-hydrogen) atoms. The van der Waals surface area contributed by atoms with Crippen LogP contribution in [0.2, 0.25) is 0 Å². The maximum atomic E-state index is 12.0. The third-order valence-corrected chi connectivity index (χ3v) is 4.52. The molecule has 0 radical (unpaired) electrons. The first-order chi connectivity index (χ1) is 10.3. The predicted molar refractivity (Wildman–Crippen MR) is 86.4 cm³/mol. The van der Waals surface area contributed by atoms with Gasteiger partial charge in [0, 0.05) is 13.1 Å². The molecule has 4 nitrogen and oxygen atoms in total. The number of hydrogen-bond donors (Lipinski definition) is 0. The van der Waals surface area contributed by atoms with Crippen molar-refractivity contribution in [1.82, 2.24) is 4.90 Å². The van der Waals surface area contributed by atoms with E-state index in [2.05, 4.69) is 9.89 Å². The summed E-state index contributed by atoms with van der Waals surface area (Å²) in [5.74, 6) is 0.717. The molecule has 2 heterocycles. The summed E-state index contributed by atoms with van der Waals surface area (Å²) in [5.41, 5.74) is 0.993. The summed E-state index contributed by atoms with van der Waals surface area (Å²) in [7, 11) is 0. The van der Waals surface area contributed by atoms with E-state index in [9.17, 15) is 4.79 Å². The number of ether oxygens (including phenoxy) is 1. The Balaban J connectivity index is 1.71. The molecule has 1 amide bonds. The van der Waals surface area contributed by atoms with Crippen molar-refractivity contribution in [1.29, 1.82) is 0 Å². The van der Waals surface area contributed by atoms with E-state index in [1.165, 1.54) is 24.6 Å². The van der Waals surface area contributed by atoms with Crippen LogP contribution in [0.15, 0.2) is 34.2 Å². The van der Waals surface area contributed by atoms with E-state index in [1.807, 2.05) is 37.3 Å². The SMILES string of the molecule is CCOc1ccc(/C=C2\SC(N3CCCC3)=NC2=O)cc1. The number of carbonyl (C=O) groups is 1. The molecule has 0 bridgehead atoms. The van der Waals surface area contributed by atoms with Crippen molar-refractivity contribution in [3.8, 4) is 5.75 Å². The summed E-state index contributed by atoms with van der Waals surface area (Å²) < 4.78 is 5.41. The number of amides is 1. The molecule has 2 aliphatic heterocycles. The largest absolute Gasteiger partial charge is 0.494 e. The third kappa shape index (κ3) is 3.29. The van der Waals surface area contributed by atoms with Crippen molar-refractivity contribution in [3.05, 3.63) is 34.7 Å². The minimum atomic E-state index is -0.129. The monoisotopic (exact) mass is 302 g/mol. The van der Waals surface area contributed by atoms with Crippen LogP contribution in [-0.4, -0.2) is 35.7 Å². The highest BCUT2D eigenvalue weighted by molar-refractivity contribution is 8.18. The molecule has 0 saturated carbocycles. The van der Waals surface area contributed by atoms with E-state index in [4.69, 9.17) is 4.74 Å². The zero-order chi connectivity index (χ0) is 14.7. The zero-order valence-corrected chi connectivity index (χ0v) is 12.9. The maximum Gasteiger partial charge on any atom is 0.286 e. The second kappa shape index (κ2) is 6.35. The summed E-state index contributed by atoms with van der Waals surface area (Å²) in [5, 5.41) is 0.856. The van der Waals surface area contributed by atoms with Gasteiger partial charge in [-0.05, 0) is 55.3 Å². The highest BCUT2D eigenvalue weighted by atomic mass is 32.2. The van der Waals surface area contributed by atoms with Crippen LogP contribution in [0.3, 0.4) is 0 Å². The van der Waals surface area contributed by atoms with Crippen LogP contribution in [0.5, 0.6) is 5.75 Å². The van der Waals surface area contributed by atoms with Gasteiger partial charge in [-0.1, -0.05) is 12.1 Å². The fraction of sp³-hybridized carbons (Fsp3) is 0.375. The molecule has 1 aromatic rings. The van der Waals surface area contributed by atoms with Gasteiger partial charge in [-0.15, -0.1) is 0 Å². The van der Waals surface area contributed by atoms with Crippen molar-refractivity contribution >= 4 is 28.9 Å². The Morgan fingerprint density at radius 2 is 2.00 bits per heavy atom. The van der Waals surface area contributed by atoms with E-state index in [0.29, 0.717) is 11.5 Å². The van der Waals surface area contributed by atoms with Gasteiger partial charge in [-0.25, -0.2) is 0 Å². The average Bonchev–Trinajstić information content (AvgIpc) is 3.12. The minimum absolute atomic E-state index is 0.129. The minimum Gasteiger partial charge on any atom is -0.494 e. The topological polar surface area (TPSA) is 41.9 Å². The van der Waals surface area contributed by atoms with Crippen LogP contribution in [0.25, 0.3) is 6.08 Å². The van der Waals surface area contributed by atoms with Crippen LogP contribution < -0.4 is 4.74 Å². The fourth-order valence-corrected chi connectivity index (χ4v) is 3.38. The summed E-state index contributed by atoms with van der Waals surface area (Å²) >= 11 is 1.48. The van der Waals surface area contributed by atoms with Gasteiger partial charge in [0.05, 0.1) is 11.5 Å². The molecule has 0 spiro atoms. The van der Waals surface area contributed by atoms with E-state index in [0.717, 1.165) is 29.6 Å². The Morgan fingerprint density at radius 3 is 2.67 bits per heavy atom. The van der Waals surface area contributed by atoms with Crippen molar-refractivity contribution < 1.29 is 9.53 Å².